The van der Waals surface area contributed by atoms with Crippen LogP contribution in [-0.4, -0.2) is 17.6 Å². The molecule has 3 rings (SSSR count). The van der Waals surface area contributed by atoms with E-state index in [4.69, 9.17) is 5.11 Å². The maximum absolute atomic E-state index is 10.6. The van der Waals surface area contributed by atoms with E-state index in [0.29, 0.717) is 6.42 Å². The minimum atomic E-state index is -0.684. The first-order chi connectivity index (χ1) is 10.5. The Labute approximate surface area is 132 Å². The number of rotatable bonds is 6. The second kappa shape index (κ2) is 5.79. The molecule has 2 aliphatic heterocycles. The number of aliphatic carboxylic acids is 1. The van der Waals surface area contributed by atoms with Crippen molar-refractivity contribution in [1.82, 2.24) is 0 Å². The predicted octanol–water partition coefficient (Wildman–Crippen LogP) is 4.26. The van der Waals surface area contributed by atoms with Gasteiger partial charge >= 0.3 is 5.97 Å². The van der Waals surface area contributed by atoms with Gasteiger partial charge in [0.05, 0.1) is 0 Å². The number of benzene rings is 1. The quantitative estimate of drug-likeness (QED) is 0.798. The van der Waals surface area contributed by atoms with Gasteiger partial charge in [-0.3, -0.25) is 4.79 Å². The average molecular weight is 299 g/mol. The molecular formula is C19H25NO2. The van der Waals surface area contributed by atoms with Crippen molar-refractivity contribution < 1.29 is 9.90 Å². The Hall–Kier alpha value is -1.77. The zero-order valence-electron chi connectivity index (χ0n) is 13.6. The third-order valence-electron chi connectivity index (χ3n) is 5.41. The second-order valence-corrected chi connectivity index (χ2v) is 6.86. The molecule has 22 heavy (non-hydrogen) atoms. The van der Waals surface area contributed by atoms with Crippen LogP contribution in [0.1, 0.15) is 57.1 Å². The molecule has 3 heteroatoms. The van der Waals surface area contributed by atoms with Crippen LogP contribution in [0.5, 0.6) is 0 Å². The van der Waals surface area contributed by atoms with Crippen LogP contribution in [0.25, 0.3) is 0 Å². The number of hydrogen-bond donors (Lipinski definition) is 1. The number of unbranched alkanes of at least 4 members (excludes halogenated alkanes) is 2. The molecule has 0 fully saturated rings. The normalized spacial score (nSPS) is 22.5. The molecule has 0 saturated heterocycles. The lowest BCUT2D eigenvalue weighted by molar-refractivity contribution is -0.137. The monoisotopic (exact) mass is 299 g/mol. The van der Waals surface area contributed by atoms with Crippen LogP contribution in [-0.2, 0) is 16.6 Å². The van der Waals surface area contributed by atoms with Gasteiger partial charge in [0.2, 0.25) is 0 Å². The van der Waals surface area contributed by atoms with E-state index in [1.54, 1.807) is 0 Å². The van der Waals surface area contributed by atoms with E-state index in [2.05, 4.69) is 43.1 Å². The van der Waals surface area contributed by atoms with Crippen molar-refractivity contribution in [1.29, 1.82) is 0 Å². The van der Waals surface area contributed by atoms with E-state index in [-0.39, 0.29) is 5.41 Å². The molecule has 2 aliphatic rings. The molecule has 0 radical (unpaired) electrons. The first kappa shape index (κ1) is 15.1. The molecule has 0 aromatic heterocycles. The molecule has 0 aliphatic carbocycles. The van der Waals surface area contributed by atoms with E-state index in [1.165, 1.54) is 22.4 Å². The maximum atomic E-state index is 10.6. The molecule has 0 amide bonds. The van der Waals surface area contributed by atoms with Crippen LogP contribution in [0.15, 0.2) is 30.0 Å². The summed E-state index contributed by atoms with van der Waals surface area (Å²) in [5, 5.41) is 8.74. The summed E-state index contributed by atoms with van der Waals surface area (Å²) in [5.41, 5.74) is 5.88. The summed E-state index contributed by atoms with van der Waals surface area (Å²) >= 11 is 0. The summed E-state index contributed by atoms with van der Waals surface area (Å²) in [6, 6.07) is 6.73. The molecule has 118 valence electrons. The predicted molar refractivity (Wildman–Crippen MR) is 89.3 cm³/mol. The number of nitrogens with zero attached hydrogens (tertiary/aromatic N) is 1. The van der Waals surface area contributed by atoms with Gasteiger partial charge in [-0.05, 0) is 42.9 Å². The lowest BCUT2D eigenvalue weighted by atomic mass is 9.70. The van der Waals surface area contributed by atoms with Crippen LogP contribution in [0.4, 0.5) is 5.69 Å². The number of para-hydroxylation sites is 1. The SMILES string of the molecule is CC1=CN2CCc3cccc(c32)C1(C)CCCCCC(=O)O. The Morgan fingerprint density at radius 1 is 1.32 bits per heavy atom. The van der Waals surface area contributed by atoms with Crippen LogP contribution < -0.4 is 4.90 Å². The van der Waals surface area contributed by atoms with E-state index in [1.807, 2.05) is 0 Å². The summed E-state index contributed by atoms with van der Waals surface area (Å²) in [4.78, 5) is 13.0. The number of carbonyl (C=O) groups is 1. The lowest BCUT2D eigenvalue weighted by Crippen LogP contribution is -2.32. The number of carboxylic acids is 1. The molecule has 0 bridgehead atoms. The highest BCUT2D eigenvalue weighted by Crippen LogP contribution is 2.48. The average Bonchev–Trinajstić information content (AvgIpc) is 2.88. The van der Waals surface area contributed by atoms with Crippen LogP contribution in [0, 0.1) is 0 Å². The number of hydrogen-bond acceptors (Lipinski definition) is 2. The highest BCUT2D eigenvalue weighted by Gasteiger charge is 2.37. The standard InChI is InChI=1S/C19H25NO2/c1-14-13-20-12-10-15-7-6-8-16(18(15)20)19(14,2)11-5-3-4-9-17(21)22/h6-8,13H,3-5,9-12H2,1-2H3,(H,21,22). The van der Waals surface area contributed by atoms with E-state index < -0.39 is 5.97 Å². The van der Waals surface area contributed by atoms with Crippen molar-refractivity contribution in [3.8, 4) is 0 Å². The number of allylic oxidation sites excluding steroid dienone is 1. The fourth-order valence-corrected chi connectivity index (χ4v) is 3.91. The molecule has 3 nitrogen and oxygen atoms in total. The van der Waals surface area contributed by atoms with Crippen molar-refractivity contribution >= 4 is 11.7 Å². The molecular weight excluding hydrogens is 274 g/mol. The summed E-state index contributed by atoms with van der Waals surface area (Å²) in [6.45, 7) is 5.69. The Kier molecular flexibility index (Phi) is 3.98. The molecule has 2 heterocycles. The van der Waals surface area contributed by atoms with E-state index in [9.17, 15) is 4.79 Å². The van der Waals surface area contributed by atoms with Crippen molar-refractivity contribution in [2.24, 2.45) is 0 Å². The first-order valence-electron chi connectivity index (χ1n) is 8.32. The second-order valence-electron chi connectivity index (χ2n) is 6.86. The Bertz CT molecular complexity index is 620. The third kappa shape index (κ3) is 2.53. The minimum absolute atomic E-state index is 0.0927. The van der Waals surface area contributed by atoms with Crippen molar-refractivity contribution in [3.63, 3.8) is 0 Å². The maximum Gasteiger partial charge on any atom is 0.303 e. The minimum Gasteiger partial charge on any atom is -0.481 e. The van der Waals surface area contributed by atoms with Crippen LogP contribution in [0.3, 0.4) is 0 Å². The Morgan fingerprint density at radius 3 is 2.91 bits per heavy atom. The van der Waals surface area contributed by atoms with Crippen molar-refractivity contribution in [2.75, 3.05) is 11.4 Å². The summed E-state index contributed by atoms with van der Waals surface area (Å²) in [6.07, 6.45) is 7.72. The lowest BCUT2D eigenvalue weighted by Gasteiger charge is -2.39. The van der Waals surface area contributed by atoms with Crippen molar-refractivity contribution in [3.05, 3.63) is 41.1 Å². The van der Waals surface area contributed by atoms with Gasteiger partial charge in [0.25, 0.3) is 0 Å². The van der Waals surface area contributed by atoms with E-state index >= 15 is 0 Å². The molecule has 0 saturated carbocycles. The summed E-state index contributed by atoms with van der Waals surface area (Å²) in [7, 11) is 0. The summed E-state index contributed by atoms with van der Waals surface area (Å²) in [5.74, 6) is -0.684. The van der Waals surface area contributed by atoms with Crippen molar-refractivity contribution in [2.45, 2.75) is 57.8 Å². The highest BCUT2D eigenvalue weighted by atomic mass is 16.4. The van der Waals surface area contributed by atoms with Gasteiger partial charge in [0.15, 0.2) is 0 Å². The van der Waals surface area contributed by atoms with Gasteiger partial charge in [-0.2, -0.15) is 0 Å². The summed E-state index contributed by atoms with van der Waals surface area (Å²) < 4.78 is 0. The third-order valence-corrected chi connectivity index (χ3v) is 5.41. The molecule has 1 atom stereocenters. The largest absolute Gasteiger partial charge is 0.481 e. The highest BCUT2D eigenvalue weighted by molar-refractivity contribution is 5.71. The zero-order valence-corrected chi connectivity index (χ0v) is 13.6. The fourth-order valence-electron chi connectivity index (χ4n) is 3.91. The van der Waals surface area contributed by atoms with Gasteiger partial charge in [0.1, 0.15) is 0 Å². The smallest absolute Gasteiger partial charge is 0.303 e. The number of anilines is 1. The van der Waals surface area contributed by atoms with Gasteiger partial charge < -0.3 is 10.0 Å². The molecule has 1 N–H and O–H groups in total. The molecule has 1 aromatic carbocycles. The van der Waals surface area contributed by atoms with Crippen LogP contribution in [0.2, 0.25) is 0 Å². The van der Waals surface area contributed by atoms with Crippen LogP contribution >= 0.6 is 0 Å². The van der Waals surface area contributed by atoms with Gasteiger partial charge in [-0.25, -0.2) is 0 Å². The fraction of sp³-hybridized carbons (Fsp3) is 0.526. The molecule has 1 unspecified atom stereocenters. The Balaban J connectivity index is 1.76. The van der Waals surface area contributed by atoms with Gasteiger partial charge in [0, 0.05) is 30.3 Å². The molecule has 1 aromatic rings. The first-order valence-corrected chi connectivity index (χ1v) is 8.32. The van der Waals surface area contributed by atoms with Gasteiger partial charge in [-0.15, -0.1) is 0 Å². The van der Waals surface area contributed by atoms with E-state index in [0.717, 1.165) is 38.6 Å². The zero-order chi connectivity index (χ0) is 15.7. The topological polar surface area (TPSA) is 40.5 Å². The Morgan fingerprint density at radius 2 is 2.14 bits per heavy atom. The van der Waals surface area contributed by atoms with Gasteiger partial charge in [-0.1, -0.05) is 38.0 Å². The number of carboxylic acid groups (broad SMARTS) is 1. The molecule has 0 spiro atoms.